The Bertz CT molecular complexity index is 524. The molecule has 0 saturated carbocycles. The van der Waals surface area contributed by atoms with Crippen molar-refractivity contribution in [3.05, 3.63) is 42.6 Å². The van der Waals surface area contributed by atoms with E-state index < -0.39 is 5.91 Å². The van der Waals surface area contributed by atoms with E-state index in [-0.39, 0.29) is 0 Å². The van der Waals surface area contributed by atoms with E-state index >= 15 is 0 Å². The minimum absolute atomic E-state index is 0.428. The van der Waals surface area contributed by atoms with Crippen molar-refractivity contribution in [2.45, 2.75) is 19.4 Å². The van der Waals surface area contributed by atoms with Gasteiger partial charge in [-0.2, -0.15) is 0 Å². The molecule has 0 radical (unpaired) electrons. The van der Waals surface area contributed by atoms with E-state index in [0.717, 1.165) is 25.9 Å². The summed E-state index contributed by atoms with van der Waals surface area (Å²) in [4.78, 5) is 19.3. The van der Waals surface area contributed by atoms with Crippen LogP contribution in [0.2, 0.25) is 0 Å². The van der Waals surface area contributed by atoms with E-state index in [0.29, 0.717) is 11.4 Å². The Labute approximate surface area is 111 Å². The predicted octanol–water partition coefficient (Wildman–Crippen LogP) is 1.27. The zero-order valence-corrected chi connectivity index (χ0v) is 10.6. The first-order valence-electron chi connectivity index (χ1n) is 6.22. The second-order valence-electron chi connectivity index (χ2n) is 4.20. The fourth-order valence-electron chi connectivity index (χ4n) is 1.79. The van der Waals surface area contributed by atoms with Crippen molar-refractivity contribution in [1.29, 1.82) is 0 Å². The Kier molecular flexibility index (Phi) is 4.49. The number of carbonyl (C=O) groups excluding carboxylic acids is 1. The highest BCUT2D eigenvalue weighted by molar-refractivity contribution is 5.97. The summed E-state index contributed by atoms with van der Waals surface area (Å²) < 4.78 is 2.04. The van der Waals surface area contributed by atoms with Crippen molar-refractivity contribution >= 4 is 11.7 Å². The fraction of sp³-hybridized carbons (Fsp3) is 0.308. The normalized spacial score (nSPS) is 10.3. The topological polar surface area (TPSA) is 85.8 Å². The molecule has 1 amide bonds. The molecule has 0 spiro atoms. The number of rotatable bonds is 7. The SMILES string of the molecule is NC(=O)c1cccnc1NCCCCn1ccnc1. The molecular formula is C13H17N5O. The second kappa shape index (κ2) is 6.53. The maximum Gasteiger partial charge on any atom is 0.252 e. The van der Waals surface area contributed by atoms with Crippen molar-refractivity contribution in [1.82, 2.24) is 14.5 Å². The van der Waals surface area contributed by atoms with Crippen LogP contribution in [0.3, 0.4) is 0 Å². The van der Waals surface area contributed by atoms with Crippen LogP contribution in [0.5, 0.6) is 0 Å². The van der Waals surface area contributed by atoms with E-state index in [1.807, 2.05) is 10.8 Å². The molecule has 6 heteroatoms. The number of imidazole rings is 1. The van der Waals surface area contributed by atoms with E-state index in [2.05, 4.69) is 15.3 Å². The number of anilines is 1. The van der Waals surface area contributed by atoms with E-state index in [1.165, 1.54) is 0 Å². The minimum Gasteiger partial charge on any atom is -0.369 e. The van der Waals surface area contributed by atoms with Gasteiger partial charge in [-0.3, -0.25) is 4.79 Å². The van der Waals surface area contributed by atoms with Gasteiger partial charge >= 0.3 is 0 Å². The zero-order valence-electron chi connectivity index (χ0n) is 10.6. The van der Waals surface area contributed by atoms with Gasteiger partial charge in [0.1, 0.15) is 5.82 Å². The Morgan fingerprint density at radius 3 is 3.00 bits per heavy atom. The number of carbonyl (C=O) groups is 1. The number of nitrogens with one attached hydrogen (secondary N) is 1. The number of pyridine rings is 1. The molecule has 19 heavy (non-hydrogen) atoms. The second-order valence-corrected chi connectivity index (χ2v) is 4.20. The summed E-state index contributed by atoms with van der Waals surface area (Å²) in [7, 11) is 0. The number of nitrogens with two attached hydrogens (primary N) is 1. The van der Waals surface area contributed by atoms with E-state index in [1.54, 1.807) is 30.9 Å². The summed E-state index contributed by atoms with van der Waals surface area (Å²) in [6, 6.07) is 3.37. The zero-order chi connectivity index (χ0) is 13.5. The highest BCUT2D eigenvalue weighted by Gasteiger charge is 2.07. The lowest BCUT2D eigenvalue weighted by atomic mass is 10.2. The van der Waals surface area contributed by atoms with Gasteiger partial charge < -0.3 is 15.6 Å². The van der Waals surface area contributed by atoms with Gasteiger partial charge in [-0.05, 0) is 25.0 Å². The third-order valence-electron chi connectivity index (χ3n) is 2.77. The maximum absolute atomic E-state index is 11.2. The van der Waals surface area contributed by atoms with E-state index in [9.17, 15) is 4.79 Å². The summed E-state index contributed by atoms with van der Waals surface area (Å²) in [5.74, 6) is 0.0895. The molecule has 2 aromatic rings. The first-order chi connectivity index (χ1) is 9.27. The number of primary amides is 1. The molecule has 2 rings (SSSR count). The molecule has 3 N–H and O–H groups in total. The number of nitrogens with zero attached hydrogens (tertiary/aromatic N) is 3. The van der Waals surface area contributed by atoms with Crippen LogP contribution >= 0.6 is 0 Å². The average Bonchev–Trinajstić information content (AvgIpc) is 2.92. The van der Waals surface area contributed by atoms with Crippen molar-refractivity contribution in [2.24, 2.45) is 5.73 Å². The van der Waals surface area contributed by atoms with Gasteiger partial charge in [-0.1, -0.05) is 0 Å². The molecule has 0 bridgehead atoms. The summed E-state index contributed by atoms with van der Waals surface area (Å²) in [6.07, 6.45) is 9.16. The predicted molar refractivity (Wildman–Crippen MR) is 72.7 cm³/mol. The molecule has 0 atom stereocenters. The van der Waals surface area contributed by atoms with Gasteiger partial charge in [0.15, 0.2) is 0 Å². The fourth-order valence-corrected chi connectivity index (χ4v) is 1.79. The molecule has 2 aromatic heterocycles. The molecule has 100 valence electrons. The molecule has 0 aliphatic rings. The van der Waals surface area contributed by atoms with Crippen molar-refractivity contribution in [3.8, 4) is 0 Å². The van der Waals surface area contributed by atoms with Gasteiger partial charge in [-0.15, -0.1) is 0 Å². The molecule has 0 aliphatic carbocycles. The van der Waals surface area contributed by atoms with Crippen LogP contribution in [0.4, 0.5) is 5.82 Å². The van der Waals surface area contributed by atoms with Gasteiger partial charge in [0.25, 0.3) is 5.91 Å². The Hall–Kier alpha value is -2.37. The molecule has 0 aliphatic heterocycles. The number of aromatic nitrogens is 3. The standard InChI is InChI=1S/C13H17N5O/c14-12(19)11-4-3-6-17-13(11)16-5-1-2-8-18-9-7-15-10-18/h3-4,6-7,9-10H,1-2,5,8H2,(H2,14,19)(H,16,17). The van der Waals surface area contributed by atoms with Crippen molar-refractivity contribution < 1.29 is 4.79 Å². The van der Waals surface area contributed by atoms with Crippen LogP contribution in [0.1, 0.15) is 23.2 Å². The highest BCUT2D eigenvalue weighted by Crippen LogP contribution is 2.10. The third kappa shape index (κ3) is 3.80. The number of hydrogen-bond donors (Lipinski definition) is 2. The largest absolute Gasteiger partial charge is 0.369 e. The Morgan fingerprint density at radius 1 is 1.37 bits per heavy atom. The number of hydrogen-bond acceptors (Lipinski definition) is 4. The van der Waals surface area contributed by atoms with Gasteiger partial charge in [0, 0.05) is 31.7 Å². The average molecular weight is 259 g/mol. The molecule has 0 saturated heterocycles. The molecular weight excluding hydrogens is 242 g/mol. The third-order valence-corrected chi connectivity index (χ3v) is 2.77. The van der Waals surface area contributed by atoms with Crippen LogP contribution in [-0.4, -0.2) is 27.0 Å². The summed E-state index contributed by atoms with van der Waals surface area (Å²) in [5.41, 5.74) is 5.71. The molecule has 0 aromatic carbocycles. The molecule has 6 nitrogen and oxygen atoms in total. The monoisotopic (exact) mass is 259 g/mol. The molecule has 0 unspecified atom stereocenters. The summed E-state index contributed by atoms with van der Waals surface area (Å²) in [6.45, 7) is 1.69. The Balaban J connectivity index is 1.75. The highest BCUT2D eigenvalue weighted by atomic mass is 16.1. The number of aryl methyl sites for hydroxylation is 1. The Morgan fingerprint density at radius 2 is 2.26 bits per heavy atom. The number of amides is 1. The first kappa shape index (κ1) is 13.1. The summed E-state index contributed by atoms with van der Waals surface area (Å²) >= 11 is 0. The quantitative estimate of drug-likeness (QED) is 0.733. The minimum atomic E-state index is -0.464. The van der Waals surface area contributed by atoms with Crippen molar-refractivity contribution in [2.75, 3.05) is 11.9 Å². The lowest BCUT2D eigenvalue weighted by molar-refractivity contribution is 0.100. The summed E-state index contributed by atoms with van der Waals surface area (Å²) in [5, 5.41) is 3.14. The van der Waals surface area contributed by atoms with Crippen LogP contribution in [0, 0.1) is 0 Å². The van der Waals surface area contributed by atoms with Crippen LogP contribution in [0.15, 0.2) is 37.1 Å². The van der Waals surface area contributed by atoms with Gasteiger partial charge in [0.05, 0.1) is 11.9 Å². The van der Waals surface area contributed by atoms with Crippen molar-refractivity contribution in [3.63, 3.8) is 0 Å². The van der Waals surface area contributed by atoms with Gasteiger partial charge in [0.2, 0.25) is 0 Å². The number of unbranched alkanes of at least 4 members (excludes halogenated alkanes) is 1. The lowest BCUT2D eigenvalue weighted by Crippen LogP contribution is -2.16. The molecule has 2 heterocycles. The molecule has 0 fully saturated rings. The van der Waals surface area contributed by atoms with E-state index in [4.69, 9.17) is 5.73 Å². The first-order valence-corrected chi connectivity index (χ1v) is 6.22. The van der Waals surface area contributed by atoms with Gasteiger partial charge in [-0.25, -0.2) is 9.97 Å². The van der Waals surface area contributed by atoms with Crippen LogP contribution in [-0.2, 0) is 6.54 Å². The van der Waals surface area contributed by atoms with Crippen LogP contribution < -0.4 is 11.1 Å². The lowest BCUT2D eigenvalue weighted by Gasteiger charge is -2.08. The smallest absolute Gasteiger partial charge is 0.252 e. The van der Waals surface area contributed by atoms with Crippen LogP contribution in [0.25, 0.3) is 0 Å². The maximum atomic E-state index is 11.2.